The van der Waals surface area contributed by atoms with Gasteiger partial charge in [-0.1, -0.05) is 17.7 Å². The molecule has 0 aromatic heterocycles. The second kappa shape index (κ2) is 9.93. The first kappa shape index (κ1) is 26.6. The Kier molecular flexibility index (Phi) is 7.55. The van der Waals surface area contributed by atoms with Gasteiger partial charge in [-0.2, -0.15) is 13.2 Å². The molecule has 190 valence electrons. The summed E-state index contributed by atoms with van der Waals surface area (Å²) < 4.78 is 72.5. The number of alkyl halides is 3. The number of quaternary nitrogens is 1. The van der Waals surface area contributed by atoms with Crippen LogP contribution in [0.4, 0.5) is 33.3 Å². The summed E-state index contributed by atoms with van der Waals surface area (Å²) >= 11 is 5.87. The first-order chi connectivity index (χ1) is 16.3. The number of ether oxygens (including phenoxy) is 1. The third-order valence-electron chi connectivity index (χ3n) is 5.26. The average Bonchev–Trinajstić information content (AvgIpc) is 3.13. The lowest BCUT2D eigenvalue weighted by atomic mass is 10.1. The van der Waals surface area contributed by atoms with Crippen LogP contribution in [-0.2, 0) is 0 Å². The number of benzene rings is 2. The standard InChI is InChI=1S/C21H20ClF5N4O4/c1-3-31(34)10-30(29-18(31)9-32)16-8-17(35-11(2)21(25,26)27)12(7-15(16)24)20(33)28-19-13(22)5-4-6-14(19)23/h4-8,11,32H,3,9-10H2,1-2H3,(H,28,33)/t11-,31?/m0/s1. The number of likely N-dealkylation sites (N-methyl/N-ethyl adjacent to an activating group) is 1. The van der Waals surface area contributed by atoms with Gasteiger partial charge in [0.2, 0.25) is 5.84 Å². The van der Waals surface area contributed by atoms with Crippen LogP contribution in [0.3, 0.4) is 0 Å². The quantitative estimate of drug-likeness (QED) is 0.314. The van der Waals surface area contributed by atoms with E-state index in [1.807, 2.05) is 0 Å². The van der Waals surface area contributed by atoms with E-state index in [-0.39, 0.29) is 17.4 Å². The molecule has 2 aromatic rings. The van der Waals surface area contributed by atoms with Gasteiger partial charge in [-0.05, 0) is 32.0 Å². The zero-order chi connectivity index (χ0) is 26.1. The summed E-state index contributed by atoms with van der Waals surface area (Å²) in [5.41, 5.74) is -1.62. The number of hydrogen-bond donors (Lipinski definition) is 2. The molecule has 35 heavy (non-hydrogen) atoms. The molecule has 1 unspecified atom stereocenters. The molecule has 8 nitrogen and oxygen atoms in total. The number of halogens is 6. The van der Waals surface area contributed by atoms with E-state index in [4.69, 9.17) is 16.3 Å². The van der Waals surface area contributed by atoms with Crippen LogP contribution in [-0.4, -0.2) is 53.6 Å². The molecule has 0 bridgehead atoms. The molecule has 1 heterocycles. The number of rotatable bonds is 7. The molecule has 2 atom stereocenters. The van der Waals surface area contributed by atoms with Gasteiger partial charge in [0.05, 0.1) is 22.8 Å². The molecule has 0 spiro atoms. The van der Waals surface area contributed by atoms with Crippen LogP contribution in [0.2, 0.25) is 5.02 Å². The number of aliphatic hydroxyl groups excluding tert-OH is 1. The Bertz CT molecular complexity index is 1140. The van der Waals surface area contributed by atoms with Gasteiger partial charge in [0.15, 0.2) is 12.8 Å². The second-order valence-electron chi connectivity index (χ2n) is 7.57. The molecule has 14 heteroatoms. The summed E-state index contributed by atoms with van der Waals surface area (Å²) in [6, 6.07) is 4.87. The maximum atomic E-state index is 15.1. The highest BCUT2D eigenvalue weighted by Gasteiger charge is 2.40. The lowest BCUT2D eigenvalue weighted by Crippen LogP contribution is -2.48. The number of aliphatic hydroxyl groups is 1. The summed E-state index contributed by atoms with van der Waals surface area (Å²) in [5, 5.41) is 28.8. The van der Waals surface area contributed by atoms with Crippen molar-refractivity contribution in [2.75, 3.05) is 30.1 Å². The maximum absolute atomic E-state index is 15.1. The molecule has 1 amide bonds. The van der Waals surface area contributed by atoms with Gasteiger partial charge < -0.3 is 20.4 Å². The SMILES string of the molecule is CC[N+]1([O-])CN(c2cc(O[C@@H](C)C(F)(F)F)c(C(=O)Nc3c(F)cccc3Cl)cc2F)N=C1CO. The molecule has 0 aliphatic carbocycles. The van der Waals surface area contributed by atoms with E-state index in [1.165, 1.54) is 19.1 Å². The van der Waals surface area contributed by atoms with Gasteiger partial charge in [-0.15, -0.1) is 5.10 Å². The van der Waals surface area contributed by atoms with Crippen LogP contribution in [0, 0.1) is 16.8 Å². The van der Waals surface area contributed by atoms with Crippen molar-refractivity contribution in [3.63, 3.8) is 0 Å². The fourth-order valence-electron chi connectivity index (χ4n) is 3.19. The molecule has 0 saturated heterocycles. The number of carbonyl (C=O) groups excluding carboxylic acids is 1. The minimum atomic E-state index is -4.84. The smallest absolute Gasteiger partial charge is 0.425 e. The number of nitrogens with zero attached hydrogens (tertiary/aromatic N) is 3. The molecule has 0 saturated carbocycles. The Morgan fingerprint density at radius 3 is 2.57 bits per heavy atom. The van der Waals surface area contributed by atoms with Crippen molar-refractivity contribution >= 4 is 34.7 Å². The maximum Gasteiger partial charge on any atom is 0.425 e. The molecule has 2 N–H and O–H groups in total. The number of hydrogen-bond acceptors (Lipinski definition) is 6. The summed E-state index contributed by atoms with van der Waals surface area (Å²) in [6.07, 6.45) is -7.25. The normalized spacial score (nSPS) is 18.9. The Morgan fingerprint density at radius 1 is 1.34 bits per heavy atom. The van der Waals surface area contributed by atoms with Gasteiger partial charge in [-0.3, -0.25) is 9.44 Å². The van der Waals surface area contributed by atoms with Crippen LogP contribution in [0.25, 0.3) is 0 Å². The zero-order valence-corrected chi connectivity index (χ0v) is 19.1. The third-order valence-corrected chi connectivity index (χ3v) is 5.57. The summed E-state index contributed by atoms with van der Waals surface area (Å²) in [4.78, 5) is 12.8. The van der Waals surface area contributed by atoms with Crippen molar-refractivity contribution in [1.29, 1.82) is 0 Å². The summed E-state index contributed by atoms with van der Waals surface area (Å²) in [5.74, 6) is -4.21. The Hall–Kier alpha value is -3.00. The van der Waals surface area contributed by atoms with Gasteiger partial charge >= 0.3 is 6.18 Å². The summed E-state index contributed by atoms with van der Waals surface area (Å²) in [7, 11) is 0. The van der Waals surface area contributed by atoms with Gasteiger partial charge in [0, 0.05) is 6.07 Å². The van der Waals surface area contributed by atoms with Crippen molar-refractivity contribution < 1.29 is 41.2 Å². The van der Waals surface area contributed by atoms with E-state index in [0.717, 1.165) is 17.1 Å². The van der Waals surface area contributed by atoms with E-state index in [2.05, 4.69) is 10.4 Å². The van der Waals surface area contributed by atoms with Crippen LogP contribution in [0.1, 0.15) is 24.2 Å². The van der Waals surface area contributed by atoms with Crippen molar-refractivity contribution in [2.45, 2.75) is 26.1 Å². The molecule has 0 radical (unpaired) electrons. The lowest BCUT2D eigenvalue weighted by molar-refractivity contribution is -0.782. The minimum absolute atomic E-state index is 0.0597. The van der Waals surface area contributed by atoms with Gasteiger partial charge in [0.25, 0.3) is 5.91 Å². The topological polar surface area (TPSA) is 97.2 Å². The van der Waals surface area contributed by atoms with Gasteiger partial charge in [-0.25, -0.2) is 13.8 Å². The predicted octanol–water partition coefficient (Wildman–Crippen LogP) is 4.62. The molecular weight excluding hydrogens is 503 g/mol. The predicted molar refractivity (Wildman–Crippen MR) is 118 cm³/mol. The largest absolute Gasteiger partial charge is 0.625 e. The Balaban J connectivity index is 2.06. The number of anilines is 2. The first-order valence-electron chi connectivity index (χ1n) is 10.2. The number of amidine groups is 1. The van der Waals surface area contributed by atoms with Crippen LogP contribution in [0.5, 0.6) is 5.75 Å². The Morgan fingerprint density at radius 2 is 2.03 bits per heavy atom. The van der Waals surface area contributed by atoms with E-state index in [9.17, 15) is 32.7 Å². The highest BCUT2D eigenvalue weighted by molar-refractivity contribution is 6.34. The highest BCUT2D eigenvalue weighted by Crippen LogP contribution is 2.36. The van der Waals surface area contributed by atoms with E-state index >= 15 is 4.39 Å². The fourth-order valence-corrected chi connectivity index (χ4v) is 3.40. The number of para-hydroxylation sites is 1. The molecule has 0 fully saturated rings. The van der Waals surface area contributed by atoms with Crippen LogP contribution in [0.15, 0.2) is 35.4 Å². The number of amides is 1. The fraction of sp³-hybridized carbons (Fsp3) is 0.333. The number of hydrazone groups is 1. The lowest BCUT2D eigenvalue weighted by Gasteiger charge is -2.36. The minimum Gasteiger partial charge on any atom is -0.625 e. The average molecular weight is 523 g/mol. The van der Waals surface area contributed by atoms with Gasteiger partial charge in [0.1, 0.15) is 29.7 Å². The van der Waals surface area contributed by atoms with Crippen molar-refractivity contribution in [3.8, 4) is 5.75 Å². The van der Waals surface area contributed by atoms with Crippen molar-refractivity contribution in [1.82, 2.24) is 0 Å². The van der Waals surface area contributed by atoms with E-state index in [1.54, 1.807) is 0 Å². The second-order valence-corrected chi connectivity index (χ2v) is 7.98. The first-order valence-corrected chi connectivity index (χ1v) is 10.5. The van der Waals surface area contributed by atoms with E-state index in [0.29, 0.717) is 13.0 Å². The number of nitrogens with one attached hydrogen (secondary N) is 1. The monoisotopic (exact) mass is 522 g/mol. The summed E-state index contributed by atoms with van der Waals surface area (Å²) in [6.45, 7) is 0.920. The highest BCUT2D eigenvalue weighted by atomic mass is 35.5. The van der Waals surface area contributed by atoms with Crippen LogP contribution < -0.4 is 15.1 Å². The third kappa shape index (κ3) is 5.48. The molecule has 1 aliphatic heterocycles. The number of hydroxylamine groups is 3. The van der Waals surface area contributed by atoms with Crippen molar-refractivity contribution in [2.24, 2.45) is 5.10 Å². The number of carbonyl (C=O) groups is 1. The molecule has 2 aromatic carbocycles. The molecule has 1 aliphatic rings. The zero-order valence-electron chi connectivity index (χ0n) is 18.4. The Labute approximate surface area is 201 Å². The van der Waals surface area contributed by atoms with E-state index < -0.39 is 70.4 Å². The van der Waals surface area contributed by atoms with Crippen molar-refractivity contribution in [3.05, 3.63) is 57.8 Å². The molecule has 3 rings (SSSR count). The molecular formula is C21H20ClF5N4O4. The van der Waals surface area contributed by atoms with Crippen LogP contribution >= 0.6 is 11.6 Å².